The molecule has 0 unspecified atom stereocenters. The Morgan fingerprint density at radius 2 is 1.75 bits per heavy atom. The van der Waals surface area contributed by atoms with E-state index in [-0.39, 0.29) is 16.9 Å². The number of fused-ring (bicyclic) bond motifs is 1. The number of hydrogen-bond acceptors (Lipinski definition) is 3. The van der Waals surface area contributed by atoms with Crippen molar-refractivity contribution in [3.8, 4) is 0 Å². The second-order valence-corrected chi connectivity index (χ2v) is 8.53. The predicted octanol–water partition coefficient (Wildman–Crippen LogP) is 3.34. The first-order valence-electron chi connectivity index (χ1n) is 7.80. The van der Waals surface area contributed by atoms with Gasteiger partial charge in [-0.05, 0) is 17.7 Å². The fourth-order valence-corrected chi connectivity index (χ4v) is 3.61. The second kappa shape index (κ2) is 6.03. The van der Waals surface area contributed by atoms with Gasteiger partial charge in [-0.25, -0.2) is 18.1 Å². The number of rotatable bonds is 4. The predicted molar refractivity (Wildman–Crippen MR) is 95.3 cm³/mol. The second-order valence-electron chi connectivity index (χ2n) is 6.80. The zero-order chi connectivity index (χ0) is 17.4. The fourth-order valence-electron chi connectivity index (χ4n) is 2.43. The van der Waals surface area contributed by atoms with Crippen LogP contribution in [0.25, 0.3) is 11.0 Å². The molecule has 0 aliphatic carbocycles. The highest BCUT2D eigenvalue weighted by molar-refractivity contribution is 7.89. The Balaban J connectivity index is 1.97. The average Bonchev–Trinajstić information content (AvgIpc) is 2.98. The minimum Gasteiger partial charge on any atom is -0.341 e. The van der Waals surface area contributed by atoms with Crippen molar-refractivity contribution < 1.29 is 8.42 Å². The van der Waals surface area contributed by atoms with Gasteiger partial charge in [-0.15, -0.1) is 0 Å². The lowest BCUT2D eigenvalue weighted by Gasteiger charge is -2.13. The van der Waals surface area contributed by atoms with Crippen LogP contribution in [-0.2, 0) is 22.0 Å². The molecule has 1 aromatic heterocycles. The van der Waals surface area contributed by atoms with Crippen molar-refractivity contribution in [1.82, 2.24) is 14.7 Å². The summed E-state index contributed by atoms with van der Waals surface area (Å²) in [6, 6.07) is 14.6. The maximum atomic E-state index is 12.7. The number of nitrogens with one attached hydrogen (secondary N) is 2. The number of sulfonamides is 1. The highest BCUT2D eigenvalue weighted by Crippen LogP contribution is 2.26. The van der Waals surface area contributed by atoms with Gasteiger partial charge >= 0.3 is 0 Å². The number of hydrogen-bond donors (Lipinski definition) is 2. The zero-order valence-electron chi connectivity index (χ0n) is 14.0. The van der Waals surface area contributed by atoms with E-state index in [9.17, 15) is 8.42 Å². The SMILES string of the molecule is CC(C)(C)c1nc2c(S(=O)(=O)NCc3ccccc3)cccc2[nH]1. The lowest BCUT2D eigenvalue weighted by atomic mass is 9.96. The van der Waals surface area contributed by atoms with Gasteiger partial charge in [0.15, 0.2) is 0 Å². The summed E-state index contributed by atoms with van der Waals surface area (Å²) in [5, 5.41) is 0. The lowest BCUT2D eigenvalue weighted by Crippen LogP contribution is -2.23. The van der Waals surface area contributed by atoms with Crippen LogP contribution in [0.3, 0.4) is 0 Å². The minimum absolute atomic E-state index is 0.183. The lowest BCUT2D eigenvalue weighted by molar-refractivity contribution is 0.554. The fraction of sp³-hybridized carbons (Fsp3) is 0.278. The van der Waals surface area contributed by atoms with E-state index < -0.39 is 10.0 Å². The van der Waals surface area contributed by atoms with E-state index in [1.165, 1.54) is 0 Å². The molecular formula is C18H21N3O2S. The number of H-pyrrole nitrogens is 1. The standard InChI is InChI=1S/C18H21N3O2S/c1-18(2,3)17-20-14-10-7-11-15(16(14)21-17)24(22,23)19-12-13-8-5-4-6-9-13/h4-11,19H,12H2,1-3H3,(H,20,21). The average molecular weight is 343 g/mol. The largest absolute Gasteiger partial charge is 0.341 e. The molecular weight excluding hydrogens is 322 g/mol. The van der Waals surface area contributed by atoms with E-state index in [1.807, 2.05) is 57.2 Å². The van der Waals surface area contributed by atoms with E-state index in [2.05, 4.69) is 14.7 Å². The molecule has 3 rings (SSSR count). The van der Waals surface area contributed by atoms with Crippen LogP contribution < -0.4 is 4.72 Å². The first-order valence-corrected chi connectivity index (χ1v) is 9.28. The molecule has 126 valence electrons. The first kappa shape index (κ1) is 16.7. The number of para-hydroxylation sites is 1. The van der Waals surface area contributed by atoms with Gasteiger partial charge in [0.05, 0.1) is 5.52 Å². The molecule has 2 N–H and O–H groups in total. The van der Waals surface area contributed by atoms with Crippen molar-refractivity contribution in [2.24, 2.45) is 0 Å². The van der Waals surface area contributed by atoms with Gasteiger partial charge in [-0.1, -0.05) is 57.2 Å². The maximum Gasteiger partial charge on any atom is 0.243 e. The summed E-state index contributed by atoms with van der Waals surface area (Å²) in [7, 11) is -3.65. The van der Waals surface area contributed by atoms with Crippen molar-refractivity contribution in [1.29, 1.82) is 0 Å². The van der Waals surface area contributed by atoms with Crippen LogP contribution in [-0.4, -0.2) is 18.4 Å². The Labute approximate surface area is 142 Å². The molecule has 0 fully saturated rings. The Kier molecular flexibility index (Phi) is 4.19. The summed E-state index contributed by atoms with van der Waals surface area (Å²) < 4.78 is 28.1. The van der Waals surface area contributed by atoms with Gasteiger partial charge in [0, 0.05) is 12.0 Å². The van der Waals surface area contributed by atoms with Crippen molar-refractivity contribution in [2.75, 3.05) is 0 Å². The monoisotopic (exact) mass is 343 g/mol. The molecule has 5 nitrogen and oxygen atoms in total. The Morgan fingerprint density at radius 3 is 2.42 bits per heavy atom. The summed E-state index contributed by atoms with van der Waals surface area (Å²) in [5.41, 5.74) is 1.92. The number of aromatic nitrogens is 2. The molecule has 0 bridgehead atoms. The number of benzene rings is 2. The number of imidazole rings is 1. The molecule has 0 radical (unpaired) electrons. The Hall–Kier alpha value is -2.18. The molecule has 0 saturated heterocycles. The van der Waals surface area contributed by atoms with Gasteiger partial charge in [0.2, 0.25) is 10.0 Å². The molecule has 3 aromatic rings. The van der Waals surface area contributed by atoms with E-state index in [0.717, 1.165) is 16.9 Å². The van der Waals surface area contributed by atoms with Crippen molar-refractivity contribution in [2.45, 2.75) is 37.6 Å². The van der Waals surface area contributed by atoms with Crippen LogP contribution in [0.1, 0.15) is 32.2 Å². The molecule has 1 heterocycles. The van der Waals surface area contributed by atoms with Crippen LogP contribution in [0.4, 0.5) is 0 Å². The zero-order valence-corrected chi connectivity index (χ0v) is 14.8. The van der Waals surface area contributed by atoms with Crippen molar-refractivity contribution in [3.05, 3.63) is 59.9 Å². The van der Waals surface area contributed by atoms with Crippen LogP contribution in [0, 0.1) is 0 Å². The molecule has 0 spiro atoms. The Morgan fingerprint density at radius 1 is 1.04 bits per heavy atom. The third kappa shape index (κ3) is 3.34. The normalized spacial score (nSPS) is 12.6. The number of aromatic amines is 1. The third-order valence-electron chi connectivity index (χ3n) is 3.78. The van der Waals surface area contributed by atoms with Gasteiger partial charge in [-0.3, -0.25) is 0 Å². The van der Waals surface area contributed by atoms with E-state index in [1.54, 1.807) is 12.1 Å². The first-order chi connectivity index (χ1) is 11.3. The van der Waals surface area contributed by atoms with Crippen LogP contribution in [0.2, 0.25) is 0 Å². The molecule has 2 aromatic carbocycles. The molecule has 0 saturated carbocycles. The maximum absolute atomic E-state index is 12.7. The summed E-state index contributed by atoms with van der Waals surface area (Å²) in [6.45, 7) is 6.35. The molecule has 0 atom stereocenters. The highest BCUT2D eigenvalue weighted by Gasteiger charge is 2.23. The van der Waals surface area contributed by atoms with E-state index in [0.29, 0.717) is 5.52 Å². The smallest absolute Gasteiger partial charge is 0.243 e. The van der Waals surface area contributed by atoms with E-state index in [4.69, 9.17) is 0 Å². The summed E-state index contributed by atoms with van der Waals surface area (Å²) >= 11 is 0. The van der Waals surface area contributed by atoms with Crippen molar-refractivity contribution >= 4 is 21.1 Å². The van der Waals surface area contributed by atoms with E-state index >= 15 is 0 Å². The third-order valence-corrected chi connectivity index (χ3v) is 5.22. The molecule has 0 aliphatic heterocycles. The summed E-state index contributed by atoms with van der Waals surface area (Å²) in [6.07, 6.45) is 0. The molecule has 0 amide bonds. The summed E-state index contributed by atoms with van der Waals surface area (Å²) in [5.74, 6) is 0.767. The van der Waals surface area contributed by atoms with Gasteiger partial charge in [0.25, 0.3) is 0 Å². The number of nitrogens with zero attached hydrogens (tertiary/aromatic N) is 1. The summed E-state index contributed by atoms with van der Waals surface area (Å²) in [4.78, 5) is 7.95. The van der Waals surface area contributed by atoms with Gasteiger partial charge in [0.1, 0.15) is 16.2 Å². The Bertz CT molecular complexity index is 955. The van der Waals surface area contributed by atoms with Crippen LogP contribution >= 0.6 is 0 Å². The topological polar surface area (TPSA) is 74.8 Å². The van der Waals surface area contributed by atoms with Gasteiger partial charge in [-0.2, -0.15) is 0 Å². The molecule has 6 heteroatoms. The molecule has 24 heavy (non-hydrogen) atoms. The van der Waals surface area contributed by atoms with Crippen molar-refractivity contribution in [3.63, 3.8) is 0 Å². The quantitative estimate of drug-likeness (QED) is 0.763. The van der Waals surface area contributed by atoms with Crippen LogP contribution in [0.5, 0.6) is 0 Å². The molecule has 0 aliphatic rings. The minimum atomic E-state index is -3.65. The van der Waals surface area contributed by atoms with Crippen LogP contribution in [0.15, 0.2) is 53.4 Å². The highest BCUT2D eigenvalue weighted by atomic mass is 32.2. The van der Waals surface area contributed by atoms with Gasteiger partial charge < -0.3 is 4.98 Å².